The zero-order valence-electron chi connectivity index (χ0n) is 14.2. The predicted octanol–water partition coefficient (Wildman–Crippen LogP) is 1.60. The van der Waals surface area contributed by atoms with Crippen molar-refractivity contribution in [2.45, 2.75) is 6.92 Å². The molecule has 3 rings (SSSR count). The van der Waals surface area contributed by atoms with Crippen molar-refractivity contribution < 1.29 is 9.47 Å². The molecule has 24 heavy (non-hydrogen) atoms. The van der Waals surface area contributed by atoms with Gasteiger partial charge in [0.05, 0.1) is 20.3 Å². The fourth-order valence-corrected chi connectivity index (χ4v) is 2.59. The summed E-state index contributed by atoms with van der Waals surface area (Å²) in [4.78, 5) is 15.7. The lowest BCUT2D eigenvalue weighted by Gasteiger charge is -2.26. The van der Waals surface area contributed by atoms with Gasteiger partial charge in [0, 0.05) is 55.8 Å². The van der Waals surface area contributed by atoms with Gasteiger partial charge in [-0.2, -0.15) is 0 Å². The van der Waals surface area contributed by atoms with Crippen molar-refractivity contribution in [3.8, 4) is 17.3 Å². The van der Waals surface area contributed by atoms with E-state index in [1.807, 2.05) is 25.1 Å². The Labute approximate surface area is 142 Å². The number of methoxy groups -OCH3 is 1. The number of hydrogen-bond acceptors (Lipinski definition) is 7. The normalized spacial score (nSPS) is 15.2. The van der Waals surface area contributed by atoms with Gasteiger partial charge in [0.2, 0.25) is 5.88 Å². The van der Waals surface area contributed by atoms with Crippen LogP contribution in [0.3, 0.4) is 0 Å². The van der Waals surface area contributed by atoms with Gasteiger partial charge in [0.25, 0.3) is 0 Å². The Morgan fingerprint density at radius 1 is 1.25 bits per heavy atom. The van der Waals surface area contributed by atoms with E-state index in [9.17, 15) is 0 Å². The van der Waals surface area contributed by atoms with E-state index >= 15 is 0 Å². The van der Waals surface area contributed by atoms with Crippen LogP contribution in [0.15, 0.2) is 24.4 Å². The number of anilines is 1. The smallest absolute Gasteiger partial charge is 0.212 e. The average molecular weight is 329 g/mol. The van der Waals surface area contributed by atoms with Gasteiger partial charge in [-0.1, -0.05) is 0 Å². The molecule has 0 unspecified atom stereocenters. The summed E-state index contributed by atoms with van der Waals surface area (Å²) in [5, 5.41) is 3.39. The Morgan fingerprint density at radius 3 is 2.79 bits per heavy atom. The third-order valence-electron chi connectivity index (χ3n) is 3.90. The molecule has 1 aliphatic heterocycles. The van der Waals surface area contributed by atoms with E-state index in [4.69, 9.17) is 9.47 Å². The van der Waals surface area contributed by atoms with Crippen LogP contribution >= 0.6 is 0 Å². The number of ether oxygens (including phenoxy) is 2. The van der Waals surface area contributed by atoms with Crippen molar-refractivity contribution in [3.05, 3.63) is 30.1 Å². The fraction of sp³-hybridized carbons (Fsp3) is 0.471. The second-order valence-electron chi connectivity index (χ2n) is 5.69. The molecular formula is C17H23N5O2. The molecular weight excluding hydrogens is 306 g/mol. The average Bonchev–Trinajstić information content (AvgIpc) is 2.62. The summed E-state index contributed by atoms with van der Waals surface area (Å²) in [6.45, 7) is 7.42. The van der Waals surface area contributed by atoms with Gasteiger partial charge in [-0.15, -0.1) is 0 Å². The third-order valence-corrected chi connectivity index (χ3v) is 3.90. The molecule has 0 amide bonds. The molecule has 0 spiro atoms. The highest BCUT2D eigenvalue weighted by atomic mass is 16.5. The number of aryl methyl sites for hydroxylation is 1. The summed E-state index contributed by atoms with van der Waals surface area (Å²) >= 11 is 0. The second-order valence-corrected chi connectivity index (χ2v) is 5.69. The first-order chi connectivity index (χ1) is 11.7. The van der Waals surface area contributed by atoms with Crippen molar-refractivity contribution in [1.82, 2.24) is 19.9 Å². The lowest BCUT2D eigenvalue weighted by Crippen LogP contribution is -2.39. The van der Waals surface area contributed by atoms with E-state index < -0.39 is 0 Å². The standard InChI is InChI=1S/C17H23N5O2/c1-13-11-15(18-5-6-22-7-9-24-10-8-22)21-17(20-13)14-3-4-16(23-2)19-12-14/h3-4,11-12H,5-10H2,1-2H3,(H,18,20,21). The molecule has 1 fully saturated rings. The topological polar surface area (TPSA) is 72.4 Å². The highest BCUT2D eigenvalue weighted by Crippen LogP contribution is 2.19. The van der Waals surface area contributed by atoms with Crippen LogP contribution in [0.1, 0.15) is 5.69 Å². The summed E-state index contributed by atoms with van der Waals surface area (Å²) < 4.78 is 10.4. The molecule has 2 aromatic heterocycles. The van der Waals surface area contributed by atoms with Crippen LogP contribution in [0.5, 0.6) is 5.88 Å². The number of morpholine rings is 1. The molecule has 0 bridgehead atoms. The zero-order valence-corrected chi connectivity index (χ0v) is 14.2. The molecule has 3 heterocycles. The predicted molar refractivity (Wildman–Crippen MR) is 92.3 cm³/mol. The number of pyridine rings is 1. The summed E-state index contributed by atoms with van der Waals surface area (Å²) in [5.41, 5.74) is 1.79. The number of aromatic nitrogens is 3. The van der Waals surface area contributed by atoms with Gasteiger partial charge in [0.1, 0.15) is 5.82 Å². The Balaban J connectivity index is 1.64. The Kier molecular flexibility index (Phi) is 5.55. The van der Waals surface area contributed by atoms with E-state index in [1.54, 1.807) is 13.3 Å². The number of hydrogen-bond donors (Lipinski definition) is 1. The van der Waals surface area contributed by atoms with Crippen molar-refractivity contribution >= 4 is 5.82 Å². The maximum atomic E-state index is 5.36. The van der Waals surface area contributed by atoms with Crippen molar-refractivity contribution in [3.63, 3.8) is 0 Å². The lowest BCUT2D eigenvalue weighted by atomic mass is 10.2. The molecule has 0 aliphatic carbocycles. The minimum atomic E-state index is 0.579. The number of nitrogens with zero attached hydrogens (tertiary/aromatic N) is 4. The Morgan fingerprint density at radius 2 is 2.08 bits per heavy atom. The van der Waals surface area contributed by atoms with Crippen LogP contribution < -0.4 is 10.1 Å². The fourth-order valence-electron chi connectivity index (χ4n) is 2.59. The van der Waals surface area contributed by atoms with Crippen LogP contribution in [-0.2, 0) is 4.74 Å². The first kappa shape index (κ1) is 16.6. The summed E-state index contributed by atoms with van der Waals surface area (Å²) in [6.07, 6.45) is 1.73. The molecule has 0 radical (unpaired) electrons. The zero-order chi connectivity index (χ0) is 16.8. The van der Waals surface area contributed by atoms with Gasteiger partial charge < -0.3 is 14.8 Å². The maximum absolute atomic E-state index is 5.36. The molecule has 2 aromatic rings. The van der Waals surface area contributed by atoms with Crippen molar-refractivity contribution in [2.75, 3.05) is 51.8 Å². The molecule has 1 saturated heterocycles. The highest BCUT2D eigenvalue weighted by molar-refractivity contribution is 5.56. The quantitative estimate of drug-likeness (QED) is 0.863. The molecule has 7 nitrogen and oxygen atoms in total. The van der Waals surface area contributed by atoms with E-state index in [0.29, 0.717) is 11.7 Å². The van der Waals surface area contributed by atoms with Gasteiger partial charge in [-0.25, -0.2) is 15.0 Å². The molecule has 0 aromatic carbocycles. The molecule has 1 aliphatic rings. The number of nitrogens with one attached hydrogen (secondary N) is 1. The second kappa shape index (κ2) is 8.03. The van der Waals surface area contributed by atoms with Gasteiger partial charge >= 0.3 is 0 Å². The third kappa shape index (κ3) is 4.39. The summed E-state index contributed by atoms with van der Waals surface area (Å²) in [7, 11) is 1.60. The van der Waals surface area contributed by atoms with Gasteiger partial charge in [-0.3, -0.25) is 4.90 Å². The first-order valence-corrected chi connectivity index (χ1v) is 8.14. The largest absolute Gasteiger partial charge is 0.481 e. The molecule has 0 saturated carbocycles. The Bertz CT molecular complexity index is 657. The van der Waals surface area contributed by atoms with Crippen LogP contribution in [0, 0.1) is 6.92 Å². The minimum Gasteiger partial charge on any atom is -0.481 e. The van der Waals surface area contributed by atoms with Gasteiger partial charge in [-0.05, 0) is 13.0 Å². The van der Waals surface area contributed by atoms with Crippen LogP contribution in [-0.4, -0.2) is 66.4 Å². The van der Waals surface area contributed by atoms with Crippen molar-refractivity contribution in [1.29, 1.82) is 0 Å². The van der Waals surface area contributed by atoms with Crippen LogP contribution in [0.4, 0.5) is 5.82 Å². The van der Waals surface area contributed by atoms with E-state index in [1.165, 1.54) is 0 Å². The maximum Gasteiger partial charge on any atom is 0.212 e. The van der Waals surface area contributed by atoms with Crippen molar-refractivity contribution in [2.24, 2.45) is 0 Å². The number of rotatable bonds is 6. The highest BCUT2D eigenvalue weighted by Gasteiger charge is 2.10. The van der Waals surface area contributed by atoms with E-state index in [-0.39, 0.29) is 0 Å². The molecule has 0 atom stereocenters. The minimum absolute atomic E-state index is 0.579. The monoisotopic (exact) mass is 329 g/mol. The molecule has 128 valence electrons. The van der Waals surface area contributed by atoms with Gasteiger partial charge in [0.15, 0.2) is 5.82 Å². The lowest BCUT2D eigenvalue weighted by molar-refractivity contribution is 0.0398. The van der Waals surface area contributed by atoms with Crippen LogP contribution in [0.2, 0.25) is 0 Å². The summed E-state index contributed by atoms with van der Waals surface area (Å²) in [6, 6.07) is 5.68. The summed E-state index contributed by atoms with van der Waals surface area (Å²) in [5.74, 6) is 2.08. The SMILES string of the molecule is COc1ccc(-c2nc(C)cc(NCCN3CCOCC3)n2)cn1. The van der Waals surface area contributed by atoms with E-state index in [0.717, 1.165) is 56.5 Å². The molecule has 1 N–H and O–H groups in total. The Hall–Kier alpha value is -2.25. The first-order valence-electron chi connectivity index (χ1n) is 8.14. The van der Waals surface area contributed by atoms with E-state index in [2.05, 4.69) is 25.2 Å². The van der Waals surface area contributed by atoms with Crippen LogP contribution in [0.25, 0.3) is 11.4 Å². The molecule has 7 heteroatoms.